The van der Waals surface area contributed by atoms with Crippen molar-refractivity contribution in [3.05, 3.63) is 58.0 Å². The van der Waals surface area contributed by atoms with Gasteiger partial charge in [0.15, 0.2) is 15.8 Å². The molecule has 0 bridgehead atoms. The van der Waals surface area contributed by atoms with Gasteiger partial charge in [0.25, 0.3) is 5.91 Å². The first-order valence-electron chi connectivity index (χ1n) is 8.20. The molecule has 1 saturated heterocycles. The Hall–Kier alpha value is -2.84. The van der Waals surface area contributed by atoms with E-state index < -0.39 is 5.97 Å². The largest absolute Gasteiger partial charge is 0.493 e. The summed E-state index contributed by atoms with van der Waals surface area (Å²) in [6.45, 7) is 1.93. The summed E-state index contributed by atoms with van der Waals surface area (Å²) in [4.78, 5) is 26.5. The number of thioether (sulfide) groups is 1. The normalized spacial score (nSPS) is 15.2. The number of aromatic carboxylic acids is 1. The topological polar surface area (TPSA) is 76.1 Å². The summed E-state index contributed by atoms with van der Waals surface area (Å²) in [6.07, 6.45) is 1.51. The van der Waals surface area contributed by atoms with Crippen LogP contribution in [-0.4, -0.2) is 35.5 Å². The quantitative estimate of drug-likeness (QED) is 0.582. The van der Waals surface area contributed by atoms with Crippen molar-refractivity contribution < 1.29 is 24.2 Å². The number of amides is 1. The van der Waals surface area contributed by atoms with Crippen molar-refractivity contribution in [3.63, 3.8) is 0 Å². The van der Waals surface area contributed by atoms with Gasteiger partial charge in [-0.15, -0.1) is 0 Å². The summed E-state index contributed by atoms with van der Waals surface area (Å²) in [7, 11) is 2.79. The first-order valence-corrected chi connectivity index (χ1v) is 9.42. The molecule has 144 valence electrons. The molecule has 2 aromatic carbocycles. The lowest BCUT2D eigenvalue weighted by atomic mass is 10.0. The second kappa shape index (κ2) is 8.04. The SMILES string of the molecule is COc1ccc(/C=C2/SC(=S)N(c3cccc(C)c3)C2=O)c(C(=O)O)c1OC. The number of methoxy groups -OCH3 is 2. The number of rotatable bonds is 5. The predicted molar refractivity (Wildman–Crippen MR) is 113 cm³/mol. The third kappa shape index (κ3) is 3.61. The molecule has 0 aromatic heterocycles. The molecular formula is C20H17NO5S2. The van der Waals surface area contributed by atoms with E-state index in [2.05, 4.69) is 0 Å². The van der Waals surface area contributed by atoms with Crippen LogP contribution in [-0.2, 0) is 4.79 Å². The highest BCUT2D eigenvalue weighted by Gasteiger charge is 2.34. The first kappa shape index (κ1) is 19.9. The molecule has 3 rings (SSSR count). The summed E-state index contributed by atoms with van der Waals surface area (Å²) in [5, 5.41) is 9.66. The molecule has 1 N–H and O–H groups in total. The average molecular weight is 415 g/mol. The maximum atomic E-state index is 12.9. The smallest absolute Gasteiger partial charge is 0.340 e. The van der Waals surface area contributed by atoms with Gasteiger partial charge >= 0.3 is 5.97 Å². The molecule has 0 aliphatic carbocycles. The Bertz CT molecular complexity index is 1020. The Morgan fingerprint density at radius 1 is 1.21 bits per heavy atom. The summed E-state index contributed by atoms with van der Waals surface area (Å²) >= 11 is 6.50. The lowest BCUT2D eigenvalue weighted by molar-refractivity contribution is -0.113. The maximum absolute atomic E-state index is 12.9. The molecular weight excluding hydrogens is 398 g/mol. The van der Waals surface area contributed by atoms with Crippen molar-refractivity contribution in [1.29, 1.82) is 0 Å². The molecule has 0 saturated carbocycles. The highest BCUT2D eigenvalue weighted by atomic mass is 32.2. The fourth-order valence-electron chi connectivity index (χ4n) is 2.88. The minimum Gasteiger partial charge on any atom is -0.493 e. The zero-order chi connectivity index (χ0) is 20.4. The number of aryl methyl sites for hydroxylation is 1. The number of ether oxygens (including phenoxy) is 2. The monoisotopic (exact) mass is 415 g/mol. The highest BCUT2D eigenvalue weighted by Crippen LogP contribution is 2.39. The van der Waals surface area contributed by atoms with Crippen molar-refractivity contribution in [3.8, 4) is 11.5 Å². The maximum Gasteiger partial charge on any atom is 0.340 e. The molecule has 1 heterocycles. The van der Waals surface area contributed by atoms with Gasteiger partial charge in [-0.05, 0) is 42.3 Å². The van der Waals surface area contributed by atoms with Crippen LogP contribution in [0.25, 0.3) is 6.08 Å². The molecule has 0 spiro atoms. The molecule has 1 fully saturated rings. The van der Waals surface area contributed by atoms with E-state index in [1.54, 1.807) is 18.2 Å². The Balaban J connectivity index is 2.06. The molecule has 28 heavy (non-hydrogen) atoms. The standard InChI is InChI=1S/C20H17NO5S2/c1-11-5-4-6-13(9-11)21-18(22)15(28-20(21)27)10-12-7-8-14(25-2)17(26-3)16(12)19(23)24/h4-10H,1-3H3,(H,23,24)/b15-10+. The number of anilines is 1. The van der Waals surface area contributed by atoms with E-state index in [1.807, 2.05) is 25.1 Å². The van der Waals surface area contributed by atoms with E-state index in [0.717, 1.165) is 17.3 Å². The number of carbonyl (C=O) groups is 2. The van der Waals surface area contributed by atoms with Gasteiger partial charge in [-0.3, -0.25) is 9.69 Å². The van der Waals surface area contributed by atoms with Crippen molar-refractivity contribution in [2.45, 2.75) is 6.92 Å². The third-order valence-corrected chi connectivity index (χ3v) is 5.43. The molecule has 6 nitrogen and oxygen atoms in total. The number of hydrogen-bond acceptors (Lipinski definition) is 6. The third-order valence-electron chi connectivity index (χ3n) is 4.13. The number of carbonyl (C=O) groups excluding carboxylic acids is 1. The number of benzene rings is 2. The van der Waals surface area contributed by atoms with E-state index >= 15 is 0 Å². The molecule has 2 aromatic rings. The fourth-order valence-corrected chi connectivity index (χ4v) is 4.17. The van der Waals surface area contributed by atoms with Crippen LogP contribution in [0.5, 0.6) is 11.5 Å². The lowest BCUT2D eigenvalue weighted by Crippen LogP contribution is -2.27. The summed E-state index contributed by atoms with van der Waals surface area (Å²) in [5.41, 5.74) is 1.93. The molecule has 1 aliphatic heterocycles. The van der Waals surface area contributed by atoms with Crippen LogP contribution in [0.2, 0.25) is 0 Å². The number of thiocarbonyl (C=S) groups is 1. The fraction of sp³-hybridized carbons (Fsp3) is 0.150. The van der Waals surface area contributed by atoms with Crippen molar-refractivity contribution in [1.82, 2.24) is 0 Å². The summed E-state index contributed by atoms with van der Waals surface area (Å²) < 4.78 is 10.8. The molecule has 1 aliphatic rings. The molecule has 8 heteroatoms. The van der Waals surface area contributed by atoms with Gasteiger partial charge in [0.1, 0.15) is 5.56 Å². The molecule has 0 radical (unpaired) electrons. The average Bonchev–Trinajstić information content (AvgIpc) is 2.94. The second-order valence-electron chi connectivity index (χ2n) is 5.93. The van der Waals surface area contributed by atoms with Crippen molar-refractivity contribution in [2.75, 3.05) is 19.1 Å². The Morgan fingerprint density at radius 2 is 1.96 bits per heavy atom. The van der Waals surface area contributed by atoms with E-state index in [9.17, 15) is 14.7 Å². The van der Waals surface area contributed by atoms with Gasteiger partial charge in [-0.1, -0.05) is 42.2 Å². The number of carboxylic acids is 1. The van der Waals surface area contributed by atoms with Gasteiger partial charge < -0.3 is 14.6 Å². The van der Waals surface area contributed by atoms with E-state index in [1.165, 1.54) is 25.2 Å². The zero-order valence-corrected chi connectivity index (χ0v) is 17.0. The second-order valence-corrected chi connectivity index (χ2v) is 7.60. The number of hydrogen-bond donors (Lipinski definition) is 1. The number of nitrogens with zero attached hydrogens (tertiary/aromatic N) is 1. The molecule has 1 amide bonds. The van der Waals surface area contributed by atoms with Crippen LogP contribution in [0.4, 0.5) is 5.69 Å². The Kier molecular flexibility index (Phi) is 5.71. The van der Waals surface area contributed by atoms with E-state index in [-0.39, 0.29) is 17.2 Å². The lowest BCUT2D eigenvalue weighted by Gasteiger charge is -2.15. The first-order chi connectivity index (χ1) is 13.4. The van der Waals surface area contributed by atoms with Gasteiger partial charge in [0, 0.05) is 0 Å². The van der Waals surface area contributed by atoms with Crippen molar-refractivity contribution >= 4 is 51.9 Å². The molecule has 0 atom stereocenters. The minimum atomic E-state index is -1.18. The van der Waals surface area contributed by atoms with Crippen LogP contribution in [0.15, 0.2) is 41.3 Å². The van der Waals surface area contributed by atoms with Gasteiger partial charge in [0.2, 0.25) is 0 Å². The van der Waals surface area contributed by atoms with Crippen LogP contribution in [0.1, 0.15) is 21.5 Å². The minimum absolute atomic E-state index is 0.0809. The predicted octanol–water partition coefficient (Wildman–Crippen LogP) is 4.12. The Labute approximate surface area is 171 Å². The van der Waals surface area contributed by atoms with E-state index in [0.29, 0.717) is 26.2 Å². The zero-order valence-electron chi connectivity index (χ0n) is 15.4. The highest BCUT2D eigenvalue weighted by molar-refractivity contribution is 8.27. The van der Waals surface area contributed by atoms with E-state index in [4.69, 9.17) is 21.7 Å². The Morgan fingerprint density at radius 3 is 2.57 bits per heavy atom. The van der Waals surface area contributed by atoms with Gasteiger partial charge in [-0.2, -0.15) is 0 Å². The van der Waals surface area contributed by atoms with Gasteiger partial charge in [0.05, 0.1) is 24.8 Å². The van der Waals surface area contributed by atoms with Gasteiger partial charge in [-0.25, -0.2) is 4.79 Å². The van der Waals surface area contributed by atoms with Crippen LogP contribution >= 0.6 is 24.0 Å². The summed E-state index contributed by atoms with van der Waals surface area (Å²) in [6, 6.07) is 10.6. The van der Waals surface area contributed by atoms with Crippen LogP contribution in [0, 0.1) is 6.92 Å². The summed E-state index contributed by atoms with van der Waals surface area (Å²) in [5.74, 6) is -1.09. The van der Waals surface area contributed by atoms with Crippen molar-refractivity contribution in [2.24, 2.45) is 0 Å². The van der Waals surface area contributed by atoms with Crippen LogP contribution < -0.4 is 14.4 Å². The van der Waals surface area contributed by atoms with Crippen LogP contribution in [0.3, 0.4) is 0 Å². The molecule has 0 unspecified atom stereocenters. The number of carboxylic acid groups (broad SMARTS) is 1.